The molecule has 1 aromatic rings. The van der Waals surface area contributed by atoms with Crippen molar-refractivity contribution in [2.75, 3.05) is 5.73 Å². The number of anilines is 1. The van der Waals surface area contributed by atoms with E-state index in [1.165, 1.54) is 6.20 Å². The number of hydrogen-bond donors (Lipinski definition) is 1. The predicted octanol–water partition coefficient (Wildman–Crippen LogP) is 1.83. The molecule has 0 atom stereocenters. The number of hydrogen-bond acceptors (Lipinski definition) is 2. The average Bonchev–Trinajstić information content (AvgIpc) is 1.83. The Balaban J connectivity index is 0.000000810. The van der Waals surface area contributed by atoms with Gasteiger partial charge in [0.1, 0.15) is 5.69 Å². The van der Waals surface area contributed by atoms with Gasteiger partial charge >= 0.3 is 0 Å². The standard InChI is InChI=1S/C5H4FIN2.ClH/c6-5-4(8)3(7)1-2-9-5;/h1-2H,8H2;1H. The van der Waals surface area contributed by atoms with E-state index in [9.17, 15) is 4.39 Å². The smallest absolute Gasteiger partial charge is 0.237 e. The number of aromatic nitrogens is 1. The second kappa shape index (κ2) is 3.92. The number of nitrogen functional groups attached to an aromatic ring is 1. The molecule has 1 heterocycles. The molecule has 1 rings (SSSR count). The van der Waals surface area contributed by atoms with E-state index in [1.54, 1.807) is 6.07 Å². The number of halogens is 3. The molecule has 0 aliphatic carbocycles. The van der Waals surface area contributed by atoms with Gasteiger partial charge in [-0.15, -0.1) is 12.4 Å². The summed E-state index contributed by atoms with van der Waals surface area (Å²) < 4.78 is 13.0. The fourth-order valence-corrected chi connectivity index (χ4v) is 0.809. The monoisotopic (exact) mass is 274 g/mol. The fraction of sp³-hybridized carbons (Fsp3) is 0. The molecule has 0 aliphatic heterocycles. The van der Waals surface area contributed by atoms with Crippen LogP contribution in [0, 0.1) is 9.52 Å². The van der Waals surface area contributed by atoms with Crippen LogP contribution in [-0.2, 0) is 0 Å². The summed E-state index contributed by atoms with van der Waals surface area (Å²) >= 11 is 1.94. The number of nitrogens with two attached hydrogens (primary N) is 1. The molecule has 0 fully saturated rings. The minimum atomic E-state index is -0.595. The van der Waals surface area contributed by atoms with Gasteiger partial charge in [0.25, 0.3) is 0 Å². The Morgan fingerprint density at radius 3 is 2.60 bits per heavy atom. The Hall–Kier alpha value is -0.100. The first-order valence-electron chi connectivity index (χ1n) is 2.27. The Morgan fingerprint density at radius 1 is 1.60 bits per heavy atom. The quantitative estimate of drug-likeness (QED) is 0.579. The van der Waals surface area contributed by atoms with Crippen LogP contribution in [0.15, 0.2) is 12.3 Å². The van der Waals surface area contributed by atoms with Crippen LogP contribution in [0.1, 0.15) is 0 Å². The van der Waals surface area contributed by atoms with E-state index >= 15 is 0 Å². The number of nitrogens with zero attached hydrogens (tertiary/aromatic N) is 1. The van der Waals surface area contributed by atoms with Crippen molar-refractivity contribution in [1.82, 2.24) is 4.98 Å². The number of pyridine rings is 1. The second-order valence-corrected chi connectivity index (χ2v) is 2.66. The Morgan fingerprint density at radius 2 is 2.20 bits per heavy atom. The Bertz CT molecular complexity index is 211. The molecule has 0 bridgehead atoms. The lowest BCUT2D eigenvalue weighted by atomic mass is 10.4. The van der Waals surface area contributed by atoms with Crippen molar-refractivity contribution >= 4 is 40.7 Å². The van der Waals surface area contributed by atoms with Crippen molar-refractivity contribution in [3.63, 3.8) is 0 Å². The maximum Gasteiger partial charge on any atom is 0.237 e. The molecule has 1 aromatic heterocycles. The highest BCUT2D eigenvalue weighted by molar-refractivity contribution is 14.1. The normalized spacial score (nSPS) is 8.60. The molecule has 0 radical (unpaired) electrons. The van der Waals surface area contributed by atoms with E-state index in [4.69, 9.17) is 5.73 Å². The van der Waals surface area contributed by atoms with Gasteiger partial charge in [0.05, 0.1) is 0 Å². The lowest BCUT2D eigenvalue weighted by Crippen LogP contribution is -1.95. The first-order chi connectivity index (χ1) is 4.22. The average molecular weight is 274 g/mol. The summed E-state index contributed by atoms with van der Waals surface area (Å²) in [5.41, 5.74) is 5.36. The third-order valence-corrected chi connectivity index (χ3v) is 1.83. The van der Waals surface area contributed by atoms with Gasteiger partial charge in [-0.2, -0.15) is 4.39 Å². The second-order valence-electron chi connectivity index (χ2n) is 1.50. The molecule has 10 heavy (non-hydrogen) atoms. The summed E-state index contributed by atoms with van der Waals surface area (Å²) in [6.07, 6.45) is 1.38. The molecule has 2 nitrogen and oxygen atoms in total. The van der Waals surface area contributed by atoms with Crippen molar-refractivity contribution in [1.29, 1.82) is 0 Å². The largest absolute Gasteiger partial charge is 0.394 e. The van der Waals surface area contributed by atoms with Crippen LogP contribution in [0.4, 0.5) is 10.1 Å². The van der Waals surface area contributed by atoms with Gasteiger partial charge < -0.3 is 5.73 Å². The van der Waals surface area contributed by atoms with Gasteiger partial charge in [0.15, 0.2) is 0 Å². The molecule has 0 unspecified atom stereocenters. The summed E-state index contributed by atoms with van der Waals surface area (Å²) in [6, 6.07) is 1.65. The van der Waals surface area contributed by atoms with E-state index in [0.717, 1.165) is 0 Å². The lowest BCUT2D eigenvalue weighted by molar-refractivity contribution is 0.588. The van der Waals surface area contributed by atoms with Crippen molar-refractivity contribution in [3.8, 4) is 0 Å². The van der Waals surface area contributed by atoms with Gasteiger partial charge in [0.2, 0.25) is 5.95 Å². The molecule has 0 aromatic carbocycles. The van der Waals surface area contributed by atoms with Crippen LogP contribution >= 0.6 is 35.0 Å². The van der Waals surface area contributed by atoms with Gasteiger partial charge in [-0.05, 0) is 28.7 Å². The fourth-order valence-electron chi connectivity index (χ4n) is 0.426. The van der Waals surface area contributed by atoms with Gasteiger partial charge in [-0.3, -0.25) is 0 Å². The van der Waals surface area contributed by atoms with Crippen LogP contribution < -0.4 is 5.73 Å². The third-order valence-electron chi connectivity index (χ3n) is 0.888. The molecule has 2 N–H and O–H groups in total. The minimum absolute atomic E-state index is 0. The van der Waals surface area contributed by atoms with Crippen LogP contribution in [0.5, 0.6) is 0 Å². The van der Waals surface area contributed by atoms with Crippen LogP contribution in [0.3, 0.4) is 0 Å². The maximum absolute atomic E-state index is 12.3. The molecular formula is C5H5ClFIN2. The topological polar surface area (TPSA) is 38.9 Å². The zero-order chi connectivity index (χ0) is 6.85. The number of rotatable bonds is 0. The van der Waals surface area contributed by atoms with E-state index < -0.39 is 5.95 Å². The third kappa shape index (κ3) is 1.95. The molecule has 5 heteroatoms. The van der Waals surface area contributed by atoms with Crippen LogP contribution in [-0.4, -0.2) is 4.98 Å². The summed E-state index contributed by atoms with van der Waals surface area (Å²) in [7, 11) is 0. The summed E-state index contributed by atoms with van der Waals surface area (Å²) in [5.74, 6) is -0.595. The molecule has 0 aliphatic rings. The summed E-state index contributed by atoms with van der Waals surface area (Å²) in [4.78, 5) is 3.34. The van der Waals surface area contributed by atoms with E-state index in [2.05, 4.69) is 4.98 Å². The zero-order valence-corrected chi connectivity index (χ0v) is 7.82. The van der Waals surface area contributed by atoms with E-state index in [1.807, 2.05) is 22.6 Å². The maximum atomic E-state index is 12.3. The molecule has 0 saturated heterocycles. The highest BCUT2D eigenvalue weighted by Crippen LogP contribution is 2.14. The van der Waals surface area contributed by atoms with Crippen LogP contribution in [0.25, 0.3) is 0 Å². The summed E-state index contributed by atoms with van der Waals surface area (Å²) in [6.45, 7) is 0. The first kappa shape index (κ1) is 9.90. The Labute approximate surface area is 77.6 Å². The Kier molecular flexibility index (Phi) is 3.88. The molecule has 56 valence electrons. The van der Waals surface area contributed by atoms with Crippen molar-refractivity contribution in [3.05, 3.63) is 21.8 Å². The molecule has 0 spiro atoms. The first-order valence-corrected chi connectivity index (χ1v) is 3.35. The summed E-state index contributed by atoms with van der Waals surface area (Å²) in [5, 5.41) is 0. The SMILES string of the molecule is Cl.Nc1c(I)ccnc1F. The highest BCUT2D eigenvalue weighted by atomic mass is 127. The lowest BCUT2D eigenvalue weighted by Gasteiger charge is -1.94. The van der Waals surface area contributed by atoms with Crippen molar-refractivity contribution in [2.24, 2.45) is 0 Å². The van der Waals surface area contributed by atoms with Gasteiger partial charge in [0, 0.05) is 9.77 Å². The molecule has 0 amide bonds. The highest BCUT2D eigenvalue weighted by Gasteiger charge is 2.00. The van der Waals surface area contributed by atoms with Crippen molar-refractivity contribution in [2.45, 2.75) is 0 Å². The van der Waals surface area contributed by atoms with E-state index in [0.29, 0.717) is 3.57 Å². The molecular weight excluding hydrogens is 269 g/mol. The van der Waals surface area contributed by atoms with E-state index in [-0.39, 0.29) is 18.1 Å². The van der Waals surface area contributed by atoms with Crippen molar-refractivity contribution < 1.29 is 4.39 Å². The van der Waals surface area contributed by atoms with Gasteiger partial charge in [-0.25, -0.2) is 4.98 Å². The minimum Gasteiger partial charge on any atom is -0.394 e. The van der Waals surface area contributed by atoms with Gasteiger partial charge in [-0.1, -0.05) is 0 Å². The molecule has 0 saturated carbocycles. The zero-order valence-electron chi connectivity index (χ0n) is 4.84. The van der Waals surface area contributed by atoms with Crippen LogP contribution in [0.2, 0.25) is 0 Å². The predicted molar refractivity (Wildman–Crippen MR) is 48.6 cm³/mol.